The van der Waals surface area contributed by atoms with Gasteiger partial charge in [0.25, 0.3) is 0 Å². The molecule has 1 aromatic heterocycles. The molecule has 0 aliphatic heterocycles. The molecule has 0 spiro atoms. The fraction of sp³-hybridized carbons (Fsp3) is 0.222. The van der Waals surface area contributed by atoms with Crippen molar-refractivity contribution >= 4 is 17.7 Å². The van der Waals surface area contributed by atoms with Gasteiger partial charge < -0.3 is 5.32 Å². The summed E-state index contributed by atoms with van der Waals surface area (Å²) in [6.07, 6.45) is 1.49. The minimum atomic E-state index is -0.00396. The molecule has 0 fully saturated rings. The molecule has 1 heterocycles. The lowest BCUT2D eigenvalue weighted by Gasteiger charge is -2.14. The maximum atomic E-state index is 12.5. The summed E-state index contributed by atoms with van der Waals surface area (Å²) in [6.45, 7) is 4.80. The Labute approximate surface area is 199 Å². The highest BCUT2D eigenvalue weighted by molar-refractivity contribution is 7.99. The molecule has 4 rings (SSSR count). The molecule has 0 radical (unpaired) electrons. The number of benzene rings is 3. The van der Waals surface area contributed by atoms with E-state index in [1.54, 1.807) is 0 Å². The van der Waals surface area contributed by atoms with Crippen molar-refractivity contribution in [2.75, 3.05) is 12.3 Å². The third-order valence-electron chi connectivity index (χ3n) is 5.41. The molecule has 1 amide bonds. The lowest BCUT2D eigenvalue weighted by molar-refractivity contribution is -0.118. The fourth-order valence-electron chi connectivity index (χ4n) is 3.76. The maximum absolute atomic E-state index is 12.5. The van der Waals surface area contributed by atoms with E-state index in [0.29, 0.717) is 18.7 Å². The number of nitrogens with one attached hydrogen (secondary N) is 1. The van der Waals surface area contributed by atoms with E-state index in [-0.39, 0.29) is 5.91 Å². The van der Waals surface area contributed by atoms with Crippen LogP contribution >= 0.6 is 11.8 Å². The van der Waals surface area contributed by atoms with Crippen LogP contribution < -0.4 is 5.32 Å². The Hall–Kier alpha value is -3.38. The molecular formula is C27H28N4OS. The molecule has 1 N–H and O–H groups in total. The van der Waals surface area contributed by atoms with Crippen molar-refractivity contribution in [3.8, 4) is 5.69 Å². The molecular weight excluding hydrogens is 428 g/mol. The first-order valence-electron chi connectivity index (χ1n) is 11.1. The molecule has 0 atom stereocenters. The average Bonchev–Trinajstić information content (AvgIpc) is 3.21. The smallest absolute Gasteiger partial charge is 0.230 e. The highest BCUT2D eigenvalue weighted by Gasteiger charge is 2.17. The highest BCUT2D eigenvalue weighted by Crippen LogP contribution is 2.26. The van der Waals surface area contributed by atoms with E-state index < -0.39 is 0 Å². The van der Waals surface area contributed by atoms with Crippen LogP contribution in [0.15, 0.2) is 84.0 Å². The Morgan fingerprint density at radius 1 is 0.909 bits per heavy atom. The molecule has 0 bridgehead atoms. The summed E-state index contributed by atoms with van der Waals surface area (Å²) in [7, 11) is 0. The van der Waals surface area contributed by atoms with Gasteiger partial charge in [-0.25, -0.2) is 0 Å². The summed E-state index contributed by atoms with van der Waals surface area (Å²) >= 11 is 1.42. The van der Waals surface area contributed by atoms with Gasteiger partial charge in [0.05, 0.1) is 11.4 Å². The number of carbonyl (C=O) groups excluding carboxylic acids is 1. The number of amides is 1. The van der Waals surface area contributed by atoms with Gasteiger partial charge in [-0.1, -0.05) is 90.1 Å². The summed E-state index contributed by atoms with van der Waals surface area (Å²) in [5.41, 5.74) is 5.79. The third-order valence-corrected chi connectivity index (χ3v) is 6.34. The van der Waals surface area contributed by atoms with Crippen LogP contribution in [0.25, 0.3) is 5.69 Å². The largest absolute Gasteiger partial charge is 0.355 e. The maximum Gasteiger partial charge on any atom is 0.230 e. The number of aromatic nitrogens is 3. The van der Waals surface area contributed by atoms with Crippen molar-refractivity contribution in [3.63, 3.8) is 0 Å². The van der Waals surface area contributed by atoms with Gasteiger partial charge in [0.2, 0.25) is 5.91 Å². The molecule has 0 unspecified atom stereocenters. The summed E-state index contributed by atoms with van der Waals surface area (Å²) in [6, 6.07) is 26.8. The van der Waals surface area contributed by atoms with Gasteiger partial charge in [-0.2, -0.15) is 0 Å². The number of nitrogens with zero attached hydrogens (tertiary/aromatic N) is 3. The summed E-state index contributed by atoms with van der Waals surface area (Å²) in [5, 5.41) is 12.7. The minimum absolute atomic E-state index is 0.00396. The average molecular weight is 457 g/mol. The zero-order valence-electron chi connectivity index (χ0n) is 19.0. The zero-order valence-corrected chi connectivity index (χ0v) is 19.8. The van der Waals surface area contributed by atoms with Crippen LogP contribution in [-0.4, -0.2) is 33.0 Å². The molecule has 0 aliphatic carbocycles. The molecule has 4 aromatic rings. The van der Waals surface area contributed by atoms with Crippen LogP contribution in [0, 0.1) is 13.8 Å². The molecule has 5 nitrogen and oxygen atoms in total. The number of rotatable bonds is 9. The Morgan fingerprint density at radius 2 is 1.61 bits per heavy atom. The van der Waals surface area contributed by atoms with Crippen LogP contribution in [0.5, 0.6) is 0 Å². The van der Waals surface area contributed by atoms with E-state index in [1.165, 1.54) is 28.5 Å². The quantitative estimate of drug-likeness (QED) is 0.363. The topological polar surface area (TPSA) is 59.8 Å². The minimum Gasteiger partial charge on any atom is -0.355 e. The van der Waals surface area contributed by atoms with Gasteiger partial charge >= 0.3 is 0 Å². The van der Waals surface area contributed by atoms with Gasteiger partial charge in [-0.3, -0.25) is 9.36 Å². The van der Waals surface area contributed by atoms with Gasteiger partial charge in [0.15, 0.2) is 5.16 Å². The lowest BCUT2D eigenvalue weighted by Crippen LogP contribution is -2.27. The molecule has 0 aliphatic rings. The van der Waals surface area contributed by atoms with E-state index in [1.807, 2.05) is 36.4 Å². The predicted molar refractivity (Wildman–Crippen MR) is 134 cm³/mol. The van der Waals surface area contributed by atoms with Crippen LogP contribution in [0.3, 0.4) is 0 Å². The summed E-state index contributed by atoms with van der Waals surface area (Å²) in [5.74, 6) is 1.15. The zero-order chi connectivity index (χ0) is 23.0. The first-order chi connectivity index (χ1) is 16.1. The van der Waals surface area contributed by atoms with Gasteiger partial charge in [-0.05, 0) is 43.0 Å². The second kappa shape index (κ2) is 11.0. The second-order valence-corrected chi connectivity index (χ2v) is 9.00. The van der Waals surface area contributed by atoms with Crippen molar-refractivity contribution in [2.45, 2.75) is 31.8 Å². The second-order valence-electron chi connectivity index (χ2n) is 8.06. The van der Waals surface area contributed by atoms with Gasteiger partial charge in [0.1, 0.15) is 5.82 Å². The van der Waals surface area contributed by atoms with Crippen LogP contribution in [-0.2, 0) is 17.6 Å². The standard InChI is InChI=1S/C27H28N4OS/c1-20-13-14-24(21(2)17-20)31-25(18-23-11-7-4-8-12-23)29-30-27(31)33-19-26(32)28-16-15-22-9-5-3-6-10-22/h3-14,17H,15-16,18-19H2,1-2H3,(H,28,32). The van der Waals surface area contributed by atoms with Gasteiger partial charge in [0, 0.05) is 13.0 Å². The van der Waals surface area contributed by atoms with Crippen molar-refractivity contribution in [1.82, 2.24) is 20.1 Å². The summed E-state index contributed by atoms with van der Waals surface area (Å²) in [4.78, 5) is 12.5. The van der Waals surface area contributed by atoms with Crippen LogP contribution in [0.2, 0.25) is 0 Å². The Balaban J connectivity index is 1.48. The fourth-order valence-corrected chi connectivity index (χ4v) is 4.55. The van der Waals surface area contributed by atoms with Crippen molar-refractivity contribution < 1.29 is 4.79 Å². The Morgan fingerprint density at radius 3 is 2.30 bits per heavy atom. The van der Waals surface area contributed by atoms with Crippen molar-refractivity contribution in [3.05, 3.63) is 107 Å². The predicted octanol–water partition coefficient (Wildman–Crippen LogP) is 4.93. The third kappa shape index (κ3) is 6.11. The number of thioether (sulfide) groups is 1. The van der Waals surface area contributed by atoms with E-state index in [2.05, 4.69) is 76.4 Å². The first-order valence-corrected chi connectivity index (χ1v) is 12.1. The van der Waals surface area contributed by atoms with E-state index in [0.717, 1.165) is 28.7 Å². The number of hydrogen-bond donors (Lipinski definition) is 1. The molecule has 0 saturated heterocycles. The Bertz CT molecular complexity index is 1210. The molecule has 33 heavy (non-hydrogen) atoms. The number of aryl methyl sites for hydroxylation is 2. The number of carbonyl (C=O) groups is 1. The normalized spacial score (nSPS) is 10.8. The lowest BCUT2D eigenvalue weighted by atomic mass is 10.1. The SMILES string of the molecule is Cc1ccc(-n2c(Cc3ccccc3)nnc2SCC(=O)NCCc2ccccc2)c(C)c1. The molecule has 6 heteroatoms. The van der Waals surface area contributed by atoms with Crippen LogP contribution in [0.4, 0.5) is 0 Å². The molecule has 168 valence electrons. The van der Waals surface area contributed by atoms with E-state index in [4.69, 9.17) is 0 Å². The van der Waals surface area contributed by atoms with E-state index in [9.17, 15) is 4.79 Å². The highest BCUT2D eigenvalue weighted by atomic mass is 32.2. The van der Waals surface area contributed by atoms with Crippen LogP contribution in [0.1, 0.15) is 28.1 Å². The molecule has 0 saturated carbocycles. The Kier molecular flexibility index (Phi) is 7.58. The van der Waals surface area contributed by atoms with Gasteiger partial charge in [-0.15, -0.1) is 10.2 Å². The van der Waals surface area contributed by atoms with Crippen molar-refractivity contribution in [1.29, 1.82) is 0 Å². The monoisotopic (exact) mass is 456 g/mol. The summed E-state index contributed by atoms with van der Waals surface area (Å²) < 4.78 is 2.09. The number of hydrogen-bond acceptors (Lipinski definition) is 4. The first kappa shape index (κ1) is 22.8. The van der Waals surface area contributed by atoms with Crippen molar-refractivity contribution in [2.24, 2.45) is 0 Å². The van der Waals surface area contributed by atoms with E-state index >= 15 is 0 Å². The molecule has 3 aromatic carbocycles.